The first-order chi connectivity index (χ1) is 17.0. The Balaban J connectivity index is 1.57. The third-order valence-corrected chi connectivity index (χ3v) is 6.18. The molecule has 0 radical (unpaired) electrons. The van der Waals surface area contributed by atoms with Gasteiger partial charge in [0.15, 0.2) is 0 Å². The van der Waals surface area contributed by atoms with E-state index in [1.54, 1.807) is 24.3 Å². The Hall–Kier alpha value is -3.47. The molecule has 194 valence electrons. The van der Waals surface area contributed by atoms with Gasteiger partial charge in [-0.25, -0.2) is 8.42 Å². The van der Waals surface area contributed by atoms with Gasteiger partial charge in [-0.3, -0.25) is 4.72 Å². The van der Waals surface area contributed by atoms with Crippen molar-refractivity contribution in [3.05, 3.63) is 77.9 Å². The molecule has 0 spiro atoms. The minimum atomic E-state index is -3.57. The summed E-state index contributed by atoms with van der Waals surface area (Å²) in [4.78, 5) is 0. The Morgan fingerprint density at radius 2 is 1.44 bits per heavy atom. The third kappa shape index (κ3) is 8.33. The summed E-state index contributed by atoms with van der Waals surface area (Å²) >= 11 is 0. The predicted molar refractivity (Wildman–Crippen MR) is 138 cm³/mol. The molecule has 0 aromatic heterocycles. The van der Waals surface area contributed by atoms with E-state index in [0.717, 1.165) is 17.4 Å². The first-order valence-corrected chi connectivity index (χ1v) is 13.3. The molecule has 0 aliphatic carbocycles. The summed E-state index contributed by atoms with van der Waals surface area (Å²) in [5, 5.41) is 42.8. The fraction of sp³-hybridized carbons (Fsp3) is 0.308. The van der Waals surface area contributed by atoms with Gasteiger partial charge >= 0.3 is 0 Å². The van der Waals surface area contributed by atoms with Crippen molar-refractivity contribution in [2.24, 2.45) is 0 Å². The van der Waals surface area contributed by atoms with Crippen LogP contribution in [0.4, 0.5) is 5.69 Å². The average Bonchev–Trinajstić information content (AvgIpc) is 2.82. The molecule has 3 aromatic carbocycles. The topological polar surface area (TPSA) is 148 Å². The second-order valence-electron chi connectivity index (χ2n) is 8.80. The lowest BCUT2D eigenvalue weighted by Gasteiger charge is -2.24. The van der Waals surface area contributed by atoms with Crippen LogP contribution in [0, 0.1) is 0 Å². The minimum absolute atomic E-state index is 0.000135. The highest BCUT2D eigenvalue weighted by Crippen LogP contribution is 2.31. The van der Waals surface area contributed by atoms with Crippen LogP contribution in [0.1, 0.15) is 30.4 Å². The Morgan fingerprint density at radius 1 is 0.889 bits per heavy atom. The molecule has 0 fully saturated rings. The number of sulfonamides is 1. The van der Waals surface area contributed by atoms with E-state index >= 15 is 0 Å². The van der Waals surface area contributed by atoms with Gasteiger partial charge in [0.05, 0.1) is 11.9 Å². The maximum Gasteiger partial charge on any atom is 0.229 e. The molecular weight excluding hydrogens is 484 g/mol. The van der Waals surface area contributed by atoms with E-state index in [2.05, 4.69) is 10.0 Å². The molecule has 0 saturated heterocycles. The number of aliphatic hydroxyl groups excluding tert-OH is 1. The smallest absolute Gasteiger partial charge is 0.229 e. The molecule has 0 bridgehead atoms. The maximum absolute atomic E-state index is 11.4. The molecule has 0 aliphatic rings. The lowest BCUT2D eigenvalue weighted by atomic mass is 9.86. The molecule has 2 atom stereocenters. The zero-order chi connectivity index (χ0) is 26.3. The molecule has 0 aliphatic heterocycles. The first kappa shape index (κ1) is 27.1. The van der Waals surface area contributed by atoms with E-state index in [1.165, 1.54) is 18.2 Å². The number of hydrogen-bond donors (Lipinski definition) is 6. The highest BCUT2D eigenvalue weighted by atomic mass is 32.2. The highest BCUT2D eigenvalue weighted by molar-refractivity contribution is 7.92. The minimum Gasteiger partial charge on any atom is -0.508 e. The van der Waals surface area contributed by atoms with Crippen LogP contribution >= 0.6 is 0 Å². The van der Waals surface area contributed by atoms with Gasteiger partial charge in [-0.1, -0.05) is 24.3 Å². The van der Waals surface area contributed by atoms with Crippen molar-refractivity contribution in [3.63, 3.8) is 0 Å². The van der Waals surface area contributed by atoms with E-state index in [-0.39, 0.29) is 48.0 Å². The van der Waals surface area contributed by atoms with Crippen molar-refractivity contribution in [1.82, 2.24) is 5.32 Å². The Labute approximate surface area is 211 Å². The van der Waals surface area contributed by atoms with Crippen molar-refractivity contribution < 1.29 is 33.6 Å². The summed E-state index contributed by atoms with van der Waals surface area (Å²) in [6.07, 6.45) is 0.833. The van der Waals surface area contributed by atoms with Crippen LogP contribution in [0.15, 0.2) is 66.7 Å². The van der Waals surface area contributed by atoms with Crippen LogP contribution in [0.2, 0.25) is 0 Å². The monoisotopic (exact) mass is 516 g/mol. The van der Waals surface area contributed by atoms with Gasteiger partial charge in [0.2, 0.25) is 10.0 Å². The summed E-state index contributed by atoms with van der Waals surface area (Å²) in [6, 6.07) is 18.2. The number of hydrogen-bond acceptors (Lipinski definition) is 8. The molecule has 0 heterocycles. The summed E-state index contributed by atoms with van der Waals surface area (Å²) < 4.78 is 30.6. The number of nitrogens with one attached hydrogen (secondary N) is 2. The van der Waals surface area contributed by atoms with Gasteiger partial charge in [0.25, 0.3) is 0 Å². The Bertz CT molecular complexity index is 1190. The number of aromatic hydroxyl groups is 3. The number of phenols is 3. The van der Waals surface area contributed by atoms with Gasteiger partial charge in [-0.2, -0.15) is 0 Å². The largest absolute Gasteiger partial charge is 0.508 e. The molecule has 9 nitrogen and oxygen atoms in total. The van der Waals surface area contributed by atoms with Crippen molar-refractivity contribution in [2.45, 2.75) is 31.4 Å². The summed E-state index contributed by atoms with van der Waals surface area (Å²) in [6.45, 7) is 2.22. The Morgan fingerprint density at radius 3 is 1.97 bits per heavy atom. The van der Waals surface area contributed by atoms with Crippen molar-refractivity contribution >= 4 is 15.7 Å². The lowest BCUT2D eigenvalue weighted by Crippen LogP contribution is -2.37. The van der Waals surface area contributed by atoms with Gasteiger partial charge in [0, 0.05) is 24.6 Å². The van der Waals surface area contributed by atoms with Gasteiger partial charge in [-0.05, 0) is 60.9 Å². The van der Waals surface area contributed by atoms with Gasteiger partial charge < -0.3 is 30.5 Å². The van der Waals surface area contributed by atoms with Crippen LogP contribution in [0.25, 0.3) is 0 Å². The molecular formula is C26H32N2O7S. The highest BCUT2D eigenvalue weighted by Gasteiger charge is 2.19. The number of rotatable bonds is 12. The van der Waals surface area contributed by atoms with Gasteiger partial charge in [-0.15, -0.1) is 0 Å². The number of phenolic OH excluding ortho intramolecular Hbond substituents is 3. The van der Waals surface area contributed by atoms with Crippen LogP contribution < -0.4 is 14.8 Å². The van der Waals surface area contributed by atoms with Gasteiger partial charge in [0.1, 0.15) is 35.7 Å². The third-order valence-electron chi connectivity index (χ3n) is 5.59. The first-order valence-electron chi connectivity index (χ1n) is 11.4. The fourth-order valence-electron chi connectivity index (χ4n) is 3.79. The standard InChI is InChI=1S/C26H32N2O7S/c1-17(13-24(18-3-7-20(29)8-4-18)19-5-9-21(30)10-6-19)27-15-22(31)16-35-23-11-12-26(32)25(14-23)28-36(2,33)34/h3-12,14,17,22,24,27-32H,13,15-16H2,1-2H3/t17-,22-/m1/s1. The molecule has 0 saturated carbocycles. The zero-order valence-corrected chi connectivity index (χ0v) is 20.9. The molecule has 6 N–H and O–H groups in total. The molecule has 36 heavy (non-hydrogen) atoms. The second-order valence-corrected chi connectivity index (χ2v) is 10.5. The quantitative estimate of drug-likeness (QED) is 0.201. The van der Waals surface area contributed by atoms with Crippen LogP contribution in [0.3, 0.4) is 0 Å². The van der Waals surface area contributed by atoms with Crippen molar-refractivity contribution in [2.75, 3.05) is 24.1 Å². The number of aliphatic hydroxyl groups is 1. The molecule has 3 aromatic rings. The van der Waals surface area contributed by atoms with E-state index in [9.17, 15) is 28.8 Å². The van der Waals surface area contributed by atoms with Crippen LogP contribution in [-0.2, 0) is 10.0 Å². The Kier molecular flexibility index (Phi) is 9.03. The SMILES string of the molecule is C[C@H](CC(c1ccc(O)cc1)c1ccc(O)cc1)NC[C@@H](O)COc1ccc(O)c(NS(C)(=O)=O)c1. The molecule has 0 amide bonds. The van der Waals surface area contributed by atoms with E-state index < -0.39 is 16.1 Å². The lowest BCUT2D eigenvalue weighted by molar-refractivity contribution is 0.103. The van der Waals surface area contributed by atoms with E-state index in [1.807, 2.05) is 31.2 Å². The fourth-order valence-corrected chi connectivity index (χ4v) is 4.35. The summed E-state index contributed by atoms with van der Waals surface area (Å²) in [7, 11) is -3.57. The van der Waals surface area contributed by atoms with Crippen molar-refractivity contribution in [3.8, 4) is 23.0 Å². The van der Waals surface area contributed by atoms with Crippen molar-refractivity contribution in [1.29, 1.82) is 0 Å². The number of ether oxygens (including phenoxy) is 1. The number of benzene rings is 3. The van der Waals surface area contributed by atoms with Crippen LogP contribution in [-0.4, -0.2) is 60.4 Å². The summed E-state index contributed by atoms with van der Waals surface area (Å²) in [5.74, 6) is 0.432. The molecule has 3 rings (SSSR count). The predicted octanol–water partition coefficient (Wildman–Crippen LogP) is 3.11. The summed E-state index contributed by atoms with van der Waals surface area (Å²) in [5.41, 5.74) is 2.02. The normalized spacial score (nSPS) is 13.3. The molecule has 0 unspecified atom stereocenters. The molecule has 10 heteroatoms. The second kappa shape index (κ2) is 12.0. The maximum atomic E-state index is 11.4. The van der Waals surface area contributed by atoms with E-state index in [0.29, 0.717) is 12.2 Å². The van der Waals surface area contributed by atoms with Crippen LogP contribution in [0.5, 0.6) is 23.0 Å². The zero-order valence-electron chi connectivity index (χ0n) is 20.1. The average molecular weight is 517 g/mol. The van der Waals surface area contributed by atoms with E-state index in [4.69, 9.17) is 4.74 Å². The number of anilines is 1.